The highest BCUT2D eigenvalue weighted by molar-refractivity contribution is 6.30. The van der Waals surface area contributed by atoms with Gasteiger partial charge in [-0.15, -0.1) is 0 Å². The maximum Gasteiger partial charge on any atom is 0.251 e. The summed E-state index contributed by atoms with van der Waals surface area (Å²) in [5.74, 6) is -0.727. The van der Waals surface area contributed by atoms with E-state index in [1.165, 1.54) is 0 Å². The molecule has 2 amide bonds. The molecule has 0 aromatic heterocycles. The molecule has 5 nitrogen and oxygen atoms in total. The molecule has 0 heterocycles. The van der Waals surface area contributed by atoms with Crippen LogP contribution in [0.3, 0.4) is 0 Å². The van der Waals surface area contributed by atoms with Crippen LogP contribution in [0.15, 0.2) is 48.5 Å². The summed E-state index contributed by atoms with van der Waals surface area (Å²) in [7, 11) is 0. The second-order valence-electron chi connectivity index (χ2n) is 6.03. The first-order chi connectivity index (χ1) is 12.4. The zero-order valence-electron chi connectivity index (χ0n) is 14.6. The Morgan fingerprint density at radius 2 is 1.88 bits per heavy atom. The van der Waals surface area contributed by atoms with Gasteiger partial charge >= 0.3 is 0 Å². The third kappa shape index (κ3) is 5.08. The smallest absolute Gasteiger partial charge is 0.251 e. The van der Waals surface area contributed by atoms with E-state index in [1.807, 2.05) is 19.9 Å². The van der Waals surface area contributed by atoms with Crippen molar-refractivity contribution in [2.45, 2.75) is 26.3 Å². The van der Waals surface area contributed by atoms with Gasteiger partial charge in [0.2, 0.25) is 5.91 Å². The van der Waals surface area contributed by atoms with Crippen LogP contribution in [0.1, 0.15) is 36.2 Å². The number of hydrogen-bond acceptors (Lipinski definition) is 3. The molecule has 2 aromatic carbocycles. The number of nitrogens with one attached hydrogen (secondary N) is 2. The van der Waals surface area contributed by atoms with E-state index < -0.39 is 6.04 Å². The summed E-state index contributed by atoms with van der Waals surface area (Å²) in [6.45, 7) is 3.85. The van der Waals surface area contributed by atoms with Crippen LogP contribution in [0.5, 0.6) is 0 Å². The van der Waals surface area contributed by atoms with Crippen molar-refractivity contribution < 1.29 is 9.59 Å². The van der Waals surface area contributed by atoms with Gasteiger partial charge in [0.15, 0.2) is 0 Å². The fourth-order valence-corrected chi connectivity index (χ4v) is 2.54. The van der Waals surface area contributed by atoms with Crippen molar-refractivity contribution in [3.8, 4) is 6.07 Å². The molecule has 2 unspecified atom stereocenters. The van der Waals surface area contributed by atoms with E-state index in [-0.39, 0.29) is 17.7 Å². The van der Waals surface area contributed by atoms with E-state index in [0.717, 1.165) is 6.42 Å². The number of amides is 2. The van der Waals surface area contributed by atoms with Gasteiger partial charge in [-0.3, -0.25) is 9.59 Å². The molecule has 6 heteroatoms. The van der Waals surface area contributed by atoms with Gasteiger partial charge in [-0.25, -0.2) is 0 Å². The molecule has 0 aliphatic carbocycles. The number of nitriles is 1. The predicted molar refractivity (Wildman–Crippen MR) is 102 cm³/mol. The molecule has 0 aliphatic heterocycles. The van der Waals surface area contributed by atoms with E-state index in [2.05, 4.69) is 10.6 Å². The quantitative estimate of drug-likeness (QED) is 0.807. The predicted octanol–water partition coefficient (Wildman–Crippen LogP) is 3.99. The summed E-state index contributed by atoms with van der Waals surface area (Å²) in [4.78, 5) is 25.2. The molecule has 0 saturated heterocycles. The van der Waals surface area contributed by atoms with Gasteiger partial charge in [0.05, 0.1) is 11.6 Å². The van der Waals surface area contributed by atoms with Gasteiger partial charge in [-0.2, -0.15) is 5.26 Å². The first-order valence-electron chi connectivity index (χ1n) is 8.32. The molecule has 2 aromatic rings. The Bertz CT molecular complexity index is 828. The average Bonchev–Trinajstić information content (AvgIpc) is 2.65. The molecule has 0 saturated carbocycles. The monoisotopic (exact) mass is 369 g/mol. The Kier molecular flexibility index (Phi) is 6.76. The van der Waals surface area contributed by atoms with Gasteiger partial charge in [0.25, 0.3) is 5.91 Å². The lowest BCUT2D eigenvalue weighted by Gasteiger charge is -2.23. The van der Waals surface area contributed by atoms with Crippen molar-refractivity contribution in [1.29, 1.82) is 5.26 Å². The lowest BCUT2D eigenvalue weighted by molar-refractivity contribution is -0.119. The molecular weight excluding hydrogens is 350 g/mol. The number of halogens is 1. The van der Waals surface area contributed by atoms with Crippen LogP contribution in [-0.4, -0.2) is 17.9 Å². The van der Waals surface area contributed by atoms with E-state index in [9.17, 15) is 9.59 Å². The van der Waals surface area contributed by atoms with Crippen molar-refractivity contribution in [2.75, 3.05) is 5.32 Å². The molecule has 2 N–H and O–H groups in total. The maximum atomic E-state index is 12.7. The normalized spacial score (nSPS) is 12.5. The minimum atomic E-state index is -0.700. The lowest BCUT2D eigenvalue weighted by Crippen LogP contribution is -2.47. The van der Waals surface area contributed by atoms with Gasteiger partial charge in [-0.1, -0.05) is 37.9 Å². The summed E-state index contributed by atoms with van der Waals surface area (Å²) in [5.41, 5.74) is 1.40. The minimum absolute atomic E-state index is 0.0644. The Labute approximate surface area is 158 Å². The van der Waals surface area contributed by atoms with Crippen LogP contribution in [0, 0.1) is 17.2 Å². The SMILES string of the molecule is CCC(C)C(NC(=O)c1ccc(Cl)cc1)C(=O)Nc1cccc(C#N)c1. The highest BCUT2D eigenvalue weighted by Crippen LogP contribution is 2.15. The van der Waals surface area contributed by atoms with Crippen molar-refractivity contribution in [3.05, 3.63) is 64.7 Å². The summed E-state index contributed by atoms with van der Waals surface area (Å²) < 4.78 is 0. The largest absolute Gasteiger partial charge is 0.340 e. The second kappa shape index (κ2) is 9.02. The molecule has 26 heavy (non-hydrogen) atoms. The highest BCUT2D eigenvalue weighted by Gasteiger charge is 2.26. The third-order valence-corrected chi connectivity index (χ3v) is 4.40. The van der Waals surface area contributed by atoms with Crippen LogP contribution >= 0.6 is 11.6 Å². The number of carbonyl (C=O) groups is 2. The van der Waals surface area contributed by atoms with Crippen LogP contribution in [-0.2, 0) is 4.79 Å². The molecule has 0 spiro atoms. The molecule has 2 rings (SSSR count). The summed E-state index contributed by atoms with van der Waals surface area (Å²) in [6, 6.07) is 14.4. The number of carbonyl (C=O) groups excluding carboxylic acids is 2. The van der Waals surface area contributed by atoms with Crippen LogP contribution < -0.4 is 10.6 Å². The van der Waals surface area contributed by atoms with E-state index >= 15 is 0 Å². The number of rotatable bonds is 6. The number of hydrogen-bond donors (Lipinski definition) is 2. The lowest BCUT2D eigenvalue weighted by atomic mass is 9.97. The molecule has 0 aliphatic rings. The Morgan fingerprint density at radius 3 is 2.50 bits per heavy atom. The van der Waals surface area contributed by atoms with Gasteiger partial charge in [0.1, 0.15) is 6.04 Å². The molecule has 0 fully saturated rings. The molecular formula is C20H20ClN3O2. The first kappa shape index (κ1) is 19.5. The van der Waals surface area contributed by atoms with Crippen molar-refractivity contribution >= 4 is 29.1 Å². The Morgan fingerprint density at radius 1 is 1.19 bits per heavy atom. The Balaban J connectivity index is 2.15. The van der Waals surface area contributed by atoms with E-state index in [1.54, 1.807) is 48.5 Å². The standard InChI is InChI=1S/C20H20ClN3O2/c1-3-13(2)18(24-19(25)15-7-9-16(21)10-8-15)20(26)23-17-6-4-5-14(11-17)12-22/h4-11,13,18H,3H2,1-2H3,(H,23,26)(H,24,25). The number of anilines is 1. The van der Waals surface area contributed by atoms with Crippen molar-refractivity contribution in [2.24, 2.45) is 5.92 Å². The minimum Gasteiger partial charge on any atom is -0.340 e. The molecule has 134 valence electrons. The van der Waals surface area contributed by atoms with Crippen LogP contribution in [0.4, 0.5) is 5.69 Å². The van der Waals surface area contributed by atoms with Crippen molar-refractivity contribution in [1.82, 2.24) is 5.32 Å². The van der Waals surface area contributed by atoms with Crippen LogP contribution in [0.25, 0.3) is 0 Å². The Hall–Kier alpha value is -2.84. The number of benzene rings is 2. The third-order valence-electron chi connectivity index (χ3n) is 4.15. The van der Waals surface area contributed by atoms with Crippen LogP contribution in [0.2, 0.25) is 5.02 Å². The fourth-order valence-electron chi connectivity index (χ4n) is 2.41. The second-order valence-corrected chi connectivity index (χ2v) is 6.46. The molecule has 2 atom stereocenters. The fraction of sp³-hybridized carbons (Fsp3) is 0.250. The zero-order valence-corrected chi connectivity index (χ0v) is 15.4. The first-order valence-corrected chi connectivity index (χ1v) is 8.69. The number of nitrogens with zero attached hydrogens (tertiary/aromatic N) is 1. The van der Waals surface area contributed by atoms with E-state index in [4.69, 9.17) is 16.9 Å². The molecule has 0 radical (unpaired) electrons. The zero-order chi connectivity index (χ0) is 19.1. The highest BCUT2D eigenvalue weighted by atomic mass is 35.5. The molecule has 0 bridgehead atoms. The van der Waals surface area contributed by atoms with Crippen molar-refractivity contribution in [3.63, 3.8) is 0 Å². The van der Waals surface area contributed by atoms with E-state index in [0.29, 0.717) is 21.8 Å². The summed E-state index contributed by atoms with van der Waals surface area (Å²) in [5, 5.41) is 15.1. The average molecular weight is 370 g/mol. The van der Waals surface area contributed by atoms with Gasteiger partial charge in [-0.05, 0) is 48.4 Å². The topological polar surface area (TPSA) is 82.0 Å². The van der Waals surface area contributed by atoms with Gasteiger partial charge in [0, 0.05) is 16.3 Å². The summed E-state index contributed by atoms with van der Waals surface area (Å²) >= 11 is 5.84. The van der Waals surface area contributed by atoms with Gasteiger partial charge < -0.3 is 10.6 Å². The summed E-state index contributed by atoms with van der Waals surface area (Å²) in [6.07, 6.45) is 0.719. The maximum absolute atomic E-state index is 12.7.